The third-order valence-corrected chi connectivity index (χ3v) is 9.52. The second-order valence-corrected chi connectivity index (χ2v) is 12.5. The average Bonchev–Trinajstić information content (AvgIpc) is 2.40. The Bertz CT molecular complexity index is 415. The minimum absolute atomic E-state index is 0.0259. The maximum atomic E-state index is 12.2. The van der Waals surface area contributed by atoms with Gasteiger partial charge in [-0.05, 0) is 18.1 Å². The van der Waals surface area contributed by atoms with E-state index in [1.807, 2.05) is 6.92 Å². The molecule has 6 heteroatoms. The molecule has 0 amide bonds. The van der Waals surface area contributed by atoms with Crippen LogP contribution in [0.1, 0.15) is 34.6 Å². The molecule has 128 valence electrons. The molecule has 5 atom stereocenters. The molecule has 1 saturated heterocycles. The molecule has 0 spiro atoms. The SMILES string of the molecule is CO[C@H]1C(=O)O[C@@H]([C@H](C)C=O)[C@@H](C)[C@@H]1O[Si](C)(C)C(C)(C)C. The van der Waals surface area contributed by atoms with Gasteiger partial charge < -0.3 is 18.7 Å². The minimum Gasteiger partial charge on any atom is -0.459 e. The molecule has 1 heterocycles. The summed E-state index contributed by atoms with van der Waals surface area (Å²) in [4.78, 5) is 23.3. The maximum Gasteiger partial charge on any atom is 0.338 e. The maximum absolute atomic E-state index is 12.2. The summed E-state index contributed by atoms with van der Waals surface area (Å²) >= 11 is 0. The van der Waals surface area contributed by atoms with Crippen LogP contribution in [0.5, 0.6) is 0 Å². The van der Waals surface area contributed by atoms with Crippen molar-refractivity contribution >= 4 is 20.6 Å². The van der Waals surface area contributed by atoms with Gasteiger partial charge in [-0.15, -0.1) is 0 Å². The Labute approximate surface area is 134 Å². The van der Waals surface area contributed by atoms with Gasteiger partial charge in [0.1, 0.15) is 12.4 Å². The Morgan fingerprint density at radius 2 is 1.86 bits per heavy atom. The Morgan fingerprint density at radius 3 is 2.27 bits per heavy atom. The van der Waals surface area contributed by atoms with E-state index < -0.39 is 26.5 Å². The molecule has 1 rings (SSSR count). The van der Waals surface area contributed by atoms with Crippen LogP contribution in [0.3, 0.4) is 0 Å². The Hall–Kier alpha value is -0.723. The first-order valence-corrected chi connectivity index (χ1v) is 10.7. The van der Waals surface area contributed by atoms with Gasteiger partial charge in [-0.25, -0.2) is 4.79 Å². The van der Waals surface area contributed by atoms with E-state index in [1.165, 1.54) is 7.11 Å². The van der Waals surface area contributed by atoms with Gasteiger partial charge >= 0.3 is 5.97 Å². The lowest BCUT2D eigenvalue weighted by Crippen LogP contribution is -2.59. The summed E-state index contributed by atoms with van der Waals surface area (Å²) in [6.07, 6.45) is -0.768. The van der Waals surface area contributed by atoms with Crippen LogP contribution in [0.4, 0.5) is 0 Å². The highest BCUT2D eigenvalue weighted by molar-refractivity contribution is 6.74. The number of rotatable bonds is 5. The zero-order valence-corrected chi connectivity index (χ0v) is 16.0. The Morgan fingerprint density at radius 1 is 1.32 bits per heavy atom. The molecule has 0 aromatic heterocycles. The molecule has 0 unspecified atom stereocenters. The third-order valence-electron chi connectivity index (χ3n) is 5.04. The number of esters is 1. The fourth-order valence-electron chi connectivity index (χ4n) is 2.49. The van der Waals surface area contributed by atoms with E-state index in [4.69, 9.17) is 13.9 Å². The summed E-state index contributed by atoms with van der Waals surface area (Å²) in [6.45, 7) is 14.5. The van der Waals surface area contributed by atoms with Crippen LogP contribution in [-0.2, 0) is 23.5 Å². The van der Waals surface area contributed by atoms with Gasteiger partial charge in [-0.1, -0.05) is 34.6 Å². The number of ether oxygens (including phenoxy) is 2. The molecule has 0 aliphatic carbocycles. The van der Waals surface area contributed by atoms with Crippen molar-refractivity contribution in [3.05, 3.63) is 0 Å². The van der Waals surface area contributed by atoms with Gasteiger partial charge in [0.25, 0.3) is 0 Å². The molecule has 0 saturated carbocycles. The second kappa shape index (κ2) is 6.80. The molecular formula is C16H30O5Si. The van der Waals surface area contributed by atoms with Crippen LogP contribution in [-0.4, -0.2) is 46.0 Å². The number of hydrogen-bond acceptors (Lipinski definition) is 5. The molecule has 5 nitrogen and oxygen atoms in total. The monoisotopic (exact) mass is 330 g/mol. The summed E-state index contributed by atoms with van der Waals surface area (Å²) in [6, 6.07) is 0. The van der Waals surface area contributed by atoms with Crippen molar-refractivity contribution in [2.75, 3.05) is 7.11 Å². The van der Waals surface area contributed by atoms with Crippen molar-refractivity contribution in [1.29, 1.82) is 0 Å². The standard InChI is InChI=1S/C16H30O5Si/c1-10(9-17)12-11(2)13(14(19-6)15(18)20-12)21-22(7,8)16(3,4)5/h9-14H,1-8H3/t10-,11-,12+,13+,14-/m1/s1. The van der Waals surface area contributed by atoms with Gasteiger partial charge in [0.2, 0.25) is 0 Å². The van der Waals surface area contributed by atoms with Crippen LogP contribution < -0.4 is 0 Å². The van der Waals surface area contributed by atoms with Crippen molar-refractivity contribution in [3.8, 4) is 0 Å². The van der Waals surface area contributed by atoms with E-state index in [2.05, 4.69) is 33.9 Å². The lowest BCUT2D eigenvalue weighted by Gasteiger charge is -2.46. The molecular weight excluding hydrogens is 300 g/mol. The number of methoxy groups -OCH3 is 1. The number of aldehydes is 1. The van der Waals surface area contributed by atoms with Gasteiger partial charge in [-0.3, -0.25) is 0 Å². The molecule has 22 heavy (non-hydrogen) atoms. The smallest absolute Gasteiger partial charge is 0.338 e. The normalized spacial score (nSPS) is 31.5. The zero-order chi connectivity index (χ0) is 17.3. The summed E-state index contributed by atoms with van der Waals surface area (Å²) < 4.78 is 17.2. The van der Waals surface area contributed by atoms with Gasteiger partial charge in [0.15, 0.2) is 14.4 Å². The lowest BCUT2D eigenvalue weighted by molar-refractivity contribution is -0.195. The van der Waals surface area contributed by atoms with Crippen LogP contribution in [0.15, 0.2) is 0 Å². The highest BCUT2D eigenvalue weighted by Crippen LogP contribution is 2.40. The van der Waals surface area contributed by atoms with E-state index in [1.54, 1.807) is 6.92 Å². The van der Waals surface area contributed by atoms with Crippen LogP contribution in [0, 0.1) is 11.8 Å². The number of carbonyl (C=O) groups excluding carboxylic acids is 2. The van der Waals surface area contributed by atoms with Crippen LogP contribution >= 0.6 is 0 Å². The Kier molecular flexibility index (Phi) is 5.98. The topological polar surface area (TPSA) is 61.8 Å². The fraction of sp³-hybridized carbons (Fsp3) is 0.875. The van der Waals surface area contributed by atoms with Gasteiger partial charge in [0.05, 0.1) is 6.10 Å². The zero-order valence-electron chi connectivity index (χ0n) is 15.0. The number of cyclic esters (lactones) is 1. The summed E-state index contributed by atoms with van der Waals surface area (Å²) in [5.74, 6) is -0.901. The van der Waals surface area contributed by atoms with E-state index >= 15 is 0 Å². The van der Waals surface area contributed by atoms with Gasteiger partial charge in [0, 0.05) is 18.9 Å². The quantitative estimate of drug-likeness (QED) is 0.441. The molecule has 1 fully saturated rings. The van der Waals surface area contributed by atoms with Crippen LogP contribution in [0.25, 0.3) is 0 Å². The first kappa shape index (κ1) is 19.3. The van der Waals surface area contributed by atoms with Crippen LogP contribution in [0.2, 0.25) is 18.1 Å². The van der Waals surface area contributed by atoms with E-state index in [9.17, 15) is 9.59 Å². The fourth-order valence-corrected chi connectivity index (χ4v) is 3.86. The molecule has 0 bridgehead atoms. The molecule has 0 aromatic rings. The van der Waals surface area contributed by atoms with Crippen molar-refractivity contribution in [2.45, 2.75) is 71.1 Å². The predicted molar refractivity (Wildman–Crippen MR) is 87.1 cm³/mol. The largest absolute Gasteiger partial charge is 0.459 e. The highest BCUT2D eigenvalue weighted by atomic mass is 28.4. The van der Waals surface area contributed by atoms with E-state index in [0.717, 1.165) is 6.29 Å². The first-order valence-electron chi connectivity index (χ1n) is 7.82. The molecule has 0 aromatic carbocycles. The molecule has 1 aliphatic rings. The number of carbonyl (C=O) groups is 2. The predicted octanol–water partition coefficient (Wildman–Crippen LogP) is 2.79. The van der Waals surface area contributed by atoms with Gasteiger partial charge in [-0.2, -0.15) is 0 Å². The van der Waals surface area contributed by atoms with Crippen molar-refractivity contribution in [3.63, 3.8) is 0 Å². The Balaban J connectivity index is 3.09. The van der Waals surface area contributed by atoms with E-state index in [-0.39, 0.29) is 23.0 Å². The summed E-state index contributed by atoms with van der Waals surface area (Å²) in [5.41, 5.74) is 0. The lowest BCUT2D eigenvalue weighted by atomic mass is 9.85. The van der Waals surface area contributed by atoms with Crippen molar-refractivity contribution in [2.24, 2.45) is 11.8 Å². The minimum atomic E-state index is -2.07. The summed E-state index contributed by atoms with van der Waals surface area (Å²) in [7, 11) is -0.582. The summed E-state index contributed by atoms with van der Waals surface area (Å²) in [5, 5.41) is 0.0259. The molecule has 0 radical (unpaired) electrons. The van der Waals surface area contributed by atoms with Crippen molar-refractivity contribution in [1.82, 2.24) is 0 Å². The highest BCUT2D eigenvalue weighted by Gasteiger charge is 2.50. The first-order chi connectivity index (χ1) is 9.96. The van der Waals surface area contributed by atoms with E-state index in [0.29, 0.717) is 0 Å². The molecule has 1 aliphatic heterocycles. The average molecular weight is 330 g/mol. The number of hydrogen-bond donors (Lipinski definition) is 0. The van der Waals surface area contributed by atoms with Crippen molar-refractivity contribution < 1.29 is 23.5 Å². The third kappa shape index (κ3) is 3.78. The molecule has 0 N–H and O–H groups in total. The second-order valence-electron chi connectivity index (χ2n) is 7.75.